The maximum atomic E-state index is 5.32. The lowest BCUT2D eigenvalue weighted by atomic mass is 9.79. The topological polar surface area (TPSA) is 15.7 Å². The quantitative estimate of drug-likeness (QED) is 0.842. The van der Waals surface area contributed by atoms with Gasteiger partial charge in [0, 0.05) is 19.6 Å². The Balaban J connectivity index is 1.62. The van der Waals surface area contributed by atoms with E-state index >= 15 is 0 Å². The molecular formula is C17H26N2O. The van der Waals surface area contributed by atoms with Crippen molar-refractivity contribution in [3.63, 3.8) is 0 Å². The molecule has 3 rings (SSSR count). The second-order valence-electron chi connectivity index (χ2n) is 6.65. The summed E-state index contributed by atoms with van der Waals surface area (Å²) in [5.74, 6) is 0.966. The summed E-state index contributed by atoms with van der Waals surface area (Å²) in [7, 11) is 4.01. The number of rotatable bonds is 3. The summed E-state index contributed by atoms with van der Waals surface area (Å²) in [6.07, 6.45) is 4.14. The van der Waals surface area contributed by atoms with Crippen LogP contribution < -0.4 is 4.74 Å². The minimum Gasteiger partial charge on any atom is -0.497 e. The van der Waals surface area contributed by atoms with Crippen molar-refractivity contribution < 1.29 is 4.74 Å². The molecule has 0 unspecified atom stereocenters. The van der Waals surface area contributed by atoms with Crippen LogP contribution in [-0.4, -0.2) is 50.1 Å². The minimum atomic E-state index is 0.561. The molecule has 0 N–H and O–H groups in total. The van der Waals surface area contributed by atoms with E-state index in [-0.39, 0.29) is 0 Å². The van der Waals surface area contributed by atoms with E-state index in [9.17, 15) is 0 Å². The third-order valence-corrected chi connectivity index (χ3v) is 4.91. The highest BCUT2D eigenvalue weighted by atomic mass is 16.5. The first-order valence-corrected chi connectivity index (χ1v) is 7.73. The summed E-state index contributed by atoms with van der Waals surface area (Å²) in [6, 6.07) is 8.48. The Morgan fingerprint density at radius 3 is 2.90 bits per heavy atom. The molecule has 2 fully saturated rings. The van der Waals surface area contributed by atoms with Gasteiger partial charge in [-0.1, -0.05) is 12.1 Å². The molecule has 1 spiro atoms. The third kappa shape index (κ3) is 2.99. The predicted octanol–water partition coefficient (Wildman–Crippen LogP) is 2.61. The average molecular weight is 274 g/mol. The van der Waals surface area contributed by atoms with Crippen molar-refractivity contribution in [2.75, 3.05) is 40.3 Å². The number of nitrogens with zero attached hydrogens (tertiary/aromatic N) is 2. The molecule has 3 nitrogen and oxygen atoms in total. The van der Waals surface area contributed by atoms with Crippen LogP contribution in [0.25, 0.3) is 0 Å². The molecule has 1 aromatic rings. The Morgan fingerprint density at radius 2 is 2.10 bits per heavy atom. The van der Waals surface area contributed by atoms with Crippen LogP contribution in [-0.2, 0) is 6.54 Å². The maximum absolute atomic E-state index is 5.32. The maximum Gasteiger partial charge on any atom is 0.119 e. The van der Waals surface area contributed by atoms with Crippen LogP contribution in [0, 0.1) is 5.41 Å². The van der Waals surface area contributed by atoms with Crippen LogP contribution >= 0.6 is 0 Å². The summed E-state index contributed by atoms with van der Waals surface area (Å²) in [5, 5.41) is 0. The van der Waals surface area contributed by atoms with Gasteiger partial charge >= 0.3 is 0 Å². The van der Waals surface area contributed by atoms with Gasteiger partial charge < -0.3 is 9.64 Å². The highest BCUT2D eigenvalue weighted by molar-refractivity contribution is 5.28. The van der Waals surface area contributed by atoms with Crippen LogP contribution in [0.2, 0.25) is 0 Å². The van der Waals surface area contributed by atoms with Crippen LogP contribution in [0.3, 0.4) is 0 Å². The fourth-order valence-electron chi connectivity index (χ4n) is 3.98. The zero-order valence-corrected chi connectivity index (χ0v) is 12.8. The van der Waals surface area contributed by atoms with Gasteiger partial charge in [0.2, 0.25) is 0 Å². The Kier molecular flexibility index (Phi) is 3.99. The second kappa shape index (κ2) is 5.74. The number of hydrogen-bond donors (Lipinski definition) is 0. The van der Waals surface area contributed by atoms with E-state index in [0.717, 1.165) is 12.3 Å². The molecule has 0 aliphatic carbocycles. The van der Waals surface area contributed by atoms with Crippen LogP contribution in [0.5, 0.6) is 5.75 Å². The lowest BCUT2D eigenvalue weighted by molar-refractivity contribution is 0.112. The second-order valence-corrected chi connectivity index (χ2v) is 6.65. The molecule has 110 valence electrons. The summed E-state index contributed by atoms with van der Waals surface area (Å²) in [5.41, 5.74) is 1.93. The van der Waals surface area contributed by atoms with Crippen molar-refractivity contribution in [3.8, 4) is 5.75 Å². The summed E-state index contributed by atoms with van der Waals surface area (Å²) >= 11 is 0. The molecule has 0 aromatic heterocycles. The molecule has 0 radical (unpaired) electrons. The fourth-order valence-corrected chi connectivity index (χ4v) is 3.98. The monoisotopic (exact) mass is 274 g/mol. The largest absolute Gasteiger partial charge is 0.497 e. The van der Waals surface area contributed by atoms with Crippen molar-refractivity contribution in [1.82, 2.24) is 9.80 Å². The van der Waals surface area contributed by atoms with Gasteiger partial charge in [0.05, 0.1) is 7.11 Å². The normalized spacial score (nSPS) is 28.1. The van der Waals surface area contributed by atoms with Crippen molar-refractivity contribution in [2.45, 2.75) is 25.8 Å². The Morgan fingerprint density at radius 1 is 1.20 bits per heavy atom. The van der Waals surface area contributed by atoms with Crippen LogP contribution in [0.1, 0.15) is 24.8 Å². The van der Waals surface area contributed by atoms with Gasteiger partial charge in [0.1, 0.15) is 5.75 Å². The summed E-state index contributed by atoms with van der Waals surface area (Å²) in [4.78, 5) is 5.13. The van der Waals surface area contributed by atoms with E-state index in [4.69, 9.17) is 4.74 Å². The van der Waals surface area contributed by atoms with Gasteiger partial charge in [-0.05, 0) is 62.5 Å². The first-order chi connectivity index (χ1) is 9.69. The molecular weight excluding hydrogens is 248 g/mol. The molecule has 0 saturated carbocycles. The van der Waals surface area contributed by atoms with Gasteiger partial charge in [-0.2, -0.15) is 0 Å². The first kappa shape index (κ1) is 13.9. The van der Waals surface area contributed by atoms with Crippen molar-refractivity contribution in [3.05, 3.63) is 29.8 Å². The van der Waals surface area contributed by atoms with Crippen molar-refractivity contribution in [1.29, 1.82) is 0 Å². The van der Waals surface area contributed by atoms with Crippen molar-refractivity contribution >= 4 is 0 Å². The third-order valence-electron chi connectivity index (χ3n) is 4.91. The van der Waals surface area contributed by atoms with Crippen molar-refractivity contribution in [2.24, 2.45) is 5.41 Å². The highest BCUT2D eigenvalue weighted by Gasteiger charge is 2.40. The molecule has 1 aromatic carbocycles. The Hall–Kier alpha value is -1.06. The average Bonchev–Trinajstić information content (AvgIpc) is 2.81. The number of likely N-dealkylation sites (tertiary alicyclic amines) is 2. The molecule has 20 heavy (non-hydrogen) atoms. The smallest absolute Gasteiger partial charge is 0.119 e. The molecule has 2 aliphatic rings. The van der Waals surface area contributed by atoms with Crippen LogP contribution in [0.4, 0.5) is 0 Å². The number of benzene rings is 1. The van der Waals surface area contributed by atoms with Gasteiger partial charge in [-0.25, -0.2) is 0 Å². The molecule has 2 heterocycles. The van der Waals surface area contributed by atoms with Gasteiger partial charge in [0.15, 0.2) is 0 Å². The Labute approximate surface area is 122 Å². The molecule has 0 bridgehead atoms. The lowest BCUT2D eigenvalue weighted by Crippen LogP contribution is -2.42. The van der Waals surface area contributed by atoms with Crippen LogP contribution in [0.15, 0.2) is 24.3 Å². The van der Waals surface area contributed by atoms with E-state index in [2.05, 4.69) is 35.0 Å². The summed E-state index contributed by atoms with van der Waals surface area (Å²) in [6.45, 7) is 6.11. The van der Waals surface area contributed by atoms with Gasteiger partial charge in [-0.3, -0.25) is 4.90 Å². The summed E-state index contributed by atoms with van der Waals surface area (Å²) < 4.78 is 5.32. The lowest BCUT2D eigenvalue weighted by Gasteiger charge is -2.38. The van der Waals surface area contributed by atoms with Gasteiger partial charge in [-0.15, -0.1) is 0 Å². The zero-order chi connectivity index (χ0) is 14.0. The number of hydrogen-bond acceptors (Lipinski definition) is 3. The molecule has 3 heteroatoms. The zero-order valence-electron chi connectivity index (χ0n) is 12.8. The van der Waals surface area contributed by atoms with Gasteiger partial charge in [0.25, 0.3) is 0 Å². The minimum absolute atomic E-state index is 0.561. The SMILES string of the molecule is COc1cccc(CN2CC[C@@]3(CCCN(C)C3)C2)c1. The number of methoxy groups -OCH3 is 1. The first-order valence-electron chi connectivity index (χ1n) is 7.73. The van der Waals surface area contributed by atoms with E-state index in [0.29, 0.717) is 5.41 Å². The number of piperidine rings is 1. The molecule has 1 atom stereocenters. The van der Waals surface area contributed by atoms with E-state index < -0.39 is 0 Å². The fraction of sp³-hybridized carbons (Fsp3) is 0.647. The Bertz CT molecular complexity index is 462. The van der Waals surface area contributed by atoms with E-state index in [1.54, 1.807) is 7.11 Å². The van der Waals surface area contributed by atoms with E-state index in [1.165, 1.54) is 51.0 Å². The predicted molar refractivity (Wildman–Crippen MR) is 82.1 cm³/mol. The highest BCUT2D eigenvalue weighted by Crippen LogP contribution is 2.39. The number of ether oxygens (including phenoxy) is 1. The molecule has 2 aliphatic heterocycles. The molecule has 0 amide bonds. The molecule has 2 saturated heterocycles. The van der Waals surface area contributed by atoms with E-state index in [1.807, 2.05) is 6.07 Å². The standard InChI is InChI=1S/C17H26N2O/c1-18-9-4-7-17(13-18)8-10-19(14-17)12-15-5-3-6-16(11-15)20-2/h3,5-6,11H,4,7-10,12-14H2,1-2H3/t17-/m1/s1.